The number of carbonyl (C=O) groups is 1. The molecule has 1 fully saturated rings. The Morgan fingerprint density at radius 1 is 1.61 bits per heavy atom. The molecule has 0 spiro atoms. The number of aliphatic hydroxyl groups is 2. The number of anilines is 1. The van der Waals surface area contributed by atoms with Crippen molar-refractivity contribution in [3.05, 3.63) is 16.7 Å². The van der Waals surface area contributed by atoms with Crippen molar-refractivity contribution < 1.29 is 24.1 Å². The van der Waals surface area contributed by atoms with E-state index in [0.717, 1.165) is 10.9 Å². The zero-order valence-electron chi connectivity index (χ0n) is 11.9. The summed E-state index contributed by atoms with van der Waals surface area (Å²) in [6, 6.07) is 0. The lowest BCUT2D eigenvalue weighted by atomic mass is 10.1. The number of hydrogen-bond donors (Lipinski definition) is 4. The maximum Gasteiger partial charge on any atom is 0.280 e. The Kier molecular flexibility index (Phi) is 3.83. The Bertz CT molecular complexity index is 805. The number of nitrogens with zero attached hydrogens (tertiary/aromatic N) is 3. The summed E-state index contributed by atoms with van der Waals surface area (Å²) in [5.41, 5.74) is -0.710. The first-order valence-corrected chi connectivity index (χ1v) is 6.75. The number of fused-ring (bicyclic) bond motifs is 1. The average Bonchev–Trinajstić information content (AvgIpc) is 3.01. The number of carbonyl (C=O) groups excluding carboxylic acids is 1. The van der Waals surface area contributed by atoms with E-state index in [1.807, 2.05) is 0 Å². The van der Waals surface area contributed by atoms with E-state index in [2.05, 4.69) is 20.3 Å². The standard InChI is InChI=1S/C12H14FN5O5/c1-4(20)15-12-16-9-7(10(22)17-12)14-3-18(9)11-6(13)8(21)5(2-19)23-11/h3,5-6,8,11,19,21H,2H2,1H3,(H2,15,16,17,20,22)/t5-,6-,8-,11-/m1/s1. The van der Waals surface area contributed by atoms with Gasteiger partial charge in [0.05, 0.1) is 12.9 Å². The minimum absolute atomic E-state index is 0.0176. The number of rotatable bonds is 3. The average molecular weight is 327 g/mol. The minimum Gasteiger partial charge on any atom is -0.394 e. The summed E-state index contributed by atoms with van der Waals surface area (Å²) in [5.74, 6) is -0.570. The summed E-state index contributed by atoms with van der Waals surface area (Å²) in [6.45, 7) is 0.678. The van der Waals surface area contributed by atoms with Gasteiger partial charge in [0.1, 0.15) is 12.2 Å². The van der Waals surface area contributed by atoms with Crippen molar-refractivity contribution in [1.82, 2.24) is 19.5 Å². The largest absolute Gasteiger partial charge is 0.394 e. The molecule has 0 unspecified atom stereocenters. The fourth-order valence-corrected chi connectivity index (χ4v) is 2.42. The highest BCUT2D eigenvalue weighted by Gasteiger charge is 2.45. The van der Waals surface area contributed by atoms with Gasteiger partial charge < -0.3 is 14.9 Å². The fraction of sp³-hybridized carbons (Fsp3) is 0.500. The normalized spacial score (nSPS) is 27.5. The molecule has 0 saturated carbocycles. The van der Waals surface area contributed by atoms with Crippen LogP contribution in [0.3, 0.4) is 0 Å². The Hall–Kier alpha value is -2.37. The van der Waals surface area contributed by atoms with Crippen LogP contribution in [0.1, 0.15) is 13.2 Å². The molecule has 1 amide bonds. The Morgan fingerprint density at radius 2 is 2.35 bits per heavy atom. The highest BCUT2D eigenvalue weighted by Crippen LogP contribution is 2.33. The van der Waals surface area contributed by atoms with Crippen molar-refractivity contribution in [3.63, 3.8) is 0 Å². The van der Waals surface area contributed by atoms with Crippen molar-refractivity contribution >= 4 is 23.0 Å². The van der Waals surface area contributed by atoms with Crippen molar-refractivity contribution in [1.29, 1.82) is 0 Å². The van der Waals surface area contributed by atoms with Crippen LogP contribution >= 0.6 is 0 Å². The zero-order chi connectivity index (χ0) is 16.7. The molecule has 11 heteroatoms. The summed E-state index contributed by atoms with van der Waals surface area (Å²) >= 11 is 0. The number of aliphatic hydroxyl groups excluding tert-OH is 2. The van der Waals surface area contributed by atoms with Gasteiger partial charge in [0.15, 0.2) is 23.6 Å². The Morgan fingerprint density at radius 3 is 2.96 bits per heavy atom. The second kappa shape index (κ2) is 5.68. The number of imidazole rings is 1. The highest BCUT2D eigenvalue weighted by molar-refractivity contribution is 5.87. The fourth-order valence-electron chi connectivity index (χ4n) is 2.42. The molecular weight excluding hydrogens is 313 g/mol. The molecule has 0 aliphatic carbocycles. The summed E-state index contributed by atoms with van der Waals surface area (Å²) in [5, 5.41) is 21.1. The van der Waals surface area contributed by atoms with E-state index in [4.69, 9.17) is 9.84 Å². The van der Waals surface area contributed by atoms with Gasteiger partial charge in [-0.05, 0) is 0 Å². The van der Waals surface area contributed by atoms with E-state index >= 15 is 0 Å². The number of ether oxygens (including phenoxy) is 1. The first kappa shape index (κ1) is 15.5. The van der Waals surface area contributed by atoms with E-state index in [1.54, 1.807) is 0 Å². The monoisotopic (exact) mass is 327 g/mol. The Labute approximate surface area is 127 Å². The molecule has 1 saturated heterocycles. The number of aromatic amines is 1. The van der Waals surface area contributed by atoms with Crippen LogP contribution in [0.5, 0.6) is 0 Å². The minimum atomic E-state index is -1.84. The molecule has 1 aliphatic heterocycles. The second-order valence-electron chi connectivity index (χ2n) is 5.10. The van der Waals surface area contributed by atoms with Crippen molar-refractivity contribution in [2.24, 2.45) is 0 Å². The third kappa shape index (κ3) is 2.58. The van der Waals surface area contributed by atoms with Gasteiger partial charge in [0.2, 0.25) is 11.9 Å². The van der Waals surface area contributed by atoms with Gasteiger partial charge in [0.25, 0.3) is 5.56 Å². The molecule has 0 bridgehead atoms. The lowest BCUT2D eigenvalue weighted by molar-refractivity contribution is -0.114. The molecule has 4 atom stereocenters. The van der Waals surface area contributed by atoms with Gasteiger partial charge in [-0.3, -0.25) is 24.5 Å². The van der Waals surface area contributed by atoms with Gasteiger partial charge in [-0.15, -0.1) is 0 Å². The molecule has 1 aliphatic rings. The van der Waals surface area contributed by atoms with Crippen molar-refractivity contribution in [2.75, 3.05) is 11.9 Å². The first-order valence-electron chi connectivity index (χ1n) is 6.75. The number of aromatic nitrogens is 4. The SMILES string of the molecule is CC(=O)Nc1nc2c(ncn2[C@@H]2O[C@H](CO)[C@@H](O)[C@H]2F)c(=O)[nH]1. The number of nitrogens with one attached hydrogen (secondary N) is 2. The summed E-state index contributed by atoms with van der Waals surface area (Å²) in [6.07, 6.45) is -4.60. The number of H-pyrrole nitrogens is 1. The maximum atomic E-state index is 14.2. The lowest BCUT2D eigenvalue weighted by Crippen LogP contribution is -2.30. The summed E-state index contributed by atoms with van der Waals surface area (Å²) < 4.78 is 20.6. The van der Waals surface area contributed by atoms with Gasteiger partial charge in [-0.2, -0.15) is 4.98 Å². The molecule has 3 rings (SSSR count). The smallest absolute Gasteiger partial charge is 0.280 e. The van der Waals surface area contributed by atoms with Crippen LogP contribution in [0.25, 0.3) is 11.2 Å². The van der Waals surface area contributed by atoms with Crippen LogP contribution in [0.4, 0.5) is 10.3 Å². The number of alkyl halides is 1. The predicted octanol–water partition coefficient (Wildman–Crippen LogP) is -1.33. The molecule has 2 aromatic heterocycles. The number of halogens is 1. The van der Waals surface area contributed by atoms with Crippen LogP contribution in [0.2, 0.25) is 0 Å². The molecule has 0 radical (unpaired) electrons. The van der Waals surface area contributed by atoms with Gasteiger partial charge in [0, 0.05) is 6.92 Å². The van der Waals surface area contributed by atoms with E-state index < -0.39 is 42.7 Å². The topological polar surface area (TPSA) is 142 Å². The zero-order valence-corrected chi connectivity index (χ0v) is 11.9. The summed E-state index contributed by atoms with van der Waals surface area (Å²) in [4.78, 5) is 33.2. The molecule has 4 N–H and O–H groups in total. The molecule has 124 valence electrons. The van der Waals surface area contributed by atoms with Crippen LogP contribution < -0.4 is 10.9 Å². The number of amides is 1. The van der Waals surface area contributed by atoms with E-state index in [9.17, 15) is 19.1 Å². The molecule has 10 nitrogen and oxygen atoms in total. The highest BCUT2D eigenvalue weighted by atomic mass is 19.1. The van der Waals surface area contributed by atoms with Gasteiger partial charge in [-0.25, -0.2) is 9.37 Å². The van der Waals surface area contributed by atoms with Crippen LogP contribution in [0.15, 0.2) is 11.1 Å². The van der Waals surface area contributed by atoms with E-state index in [1.165, 1.54) is 6.92 Å². The first-order chi connectivity index (χ1) is 10.9. The molecule has 2 aromatic rings. The van der Waals surface area contributed by atoms with Crippen LogP contribution in [-0.4, -0.2) is 60.6 Å². The van der Waals surface area contributed by atoms with Gasteiger partial charge in [-0.1, -0.05) is 0 Å². The Balaban J connectivity index is 2.06. The predicted molar refractivity (Wildman–Crippen MR) is 74.4 cm³/mol. The van der Waals surface area contributed by atoms with Crippen LogP contribution in [-0.2, 0) is 9.53 Å². The molecule has 3 heterocycles. The van der Waals surface area contributed by atoms with Crippen molar-refractivity contribution in [2.45, 2.75) is 31.5 Å². The van der Waals surface area contributed by atoms with E-state index in [-0.39, 0.29) is 17.1 Å². The number of hydrogen-bond acceptors (Lipinski definition) is 7. The maximum absolute atomic E-state index is 14.2. The third-order valence-corrected chi connectivity index (χ3v) is 3.47. The van der Waals surface area contributed by atoms with E-state index in [0.29, 0.717) is 0 Å². The third-order valence-electron chi connectivity index (χ3n) is 3.47. The molecular formula is C12H14FN5O5. The van der Waals surface area contributed by atoms with Gasteiger partial charge >= 0.3 is 0 Å². The molecule has 0 aromatic carbocycles. The quantitative estimate of drug-likeness (QED) is 0.547. The lowest BCUT2D eigenvalue weighted by Gasteiger charge is -2.15. The second-order valence-corrected chi connectivity index (χ2v) is 5.10. The van der Waals surface area contributed by atoms with Crippen molar-refractivity contribution in [3.8, 4) is 0 Å². The van der Waals surface area contributed by atoms with Crippen LogP contribution in [0, 0.1) is 0 Å². The summed E-state index contributed by atoms with van der Waals surface area (Å²) in [7, 11) is 0. The molecule has 23 heavy (non-hydrogen) atoms.